The number of fused-ring (bicyclic) bond motifs is 2. The predicted molar refractivity (Wildman–Crippen MR) is 262 cm³/mol. The van der Waals surface area contributed by atoms with Crippen molar-refractivity contribution in [1.29, 1.82) is 0 Å². The summed E-state index contributed by atoms with van der Waals surface area (Å²) in [7, 11) is 0. The third-order valence-electron chi connectivity index (χ3n) is 11.5. The minimum absolute atomic E-state index is 0.0507. The van der Waals surface area contributed by atoms with Gasteiger partial charge in [-0.3, -0.25) is 9.98 Å². The van der Waals surface area contributed by atoms with Gasteiger partial charge < -0.3 is 40.1 Å². The first kappa shape index (κ1) is 48.2. The first-order valence-corrected chi connectivity index (χ1v) is 22.3. The van der Waals surface area contributed by atoms with Crippen LogP contribution < -0.4 is 9.47 Å². The zero-order valence-electron chi connectivity index (χ0n) is 37.4. The van der Waals surface area contributed by atoms with Gasteiger partial charge in [0.25, 0.3) is 0 Å². The summed E-state index contributed by atoms with van der Waals surface area (Å²) in [5.41, 5.74) is 5.49. The molecule has 0 bridgehead atoms. The summed E-state index contributed by atoms with van der Waals surface area (Å²) in [5, 5.41) is 74.0. The molecule has 64 heavy (non-hydrogen) atoms. The lowest BCUT2D eigenvalue weighted by Gasteiger charge is -2.23. The fourth-order valence-corrected chi connectivity index (χ4v) is 9.16. The van der Waals surface area contributed by atoms with Gasteiger partial charge >= 0.3 is 0 Å². The smallest absolute Gasteiger partial charge is 0.167 e. The van der Waals surface area contributed by atoms with Crippen molar-refractivity contribution in [2.24, 2.45) is 9.98 Å². The van der Waals surface area contributed by atoms with Crippen LogP contribution in [0.15, 0.2) is 34.3 Å². The molecule has 0 aliphatic heterocycles. The molecular weight excluding hydrogens is 898 g/mol. The summed E-state index contributed by atoms with van der Waals surface area (Å²) in [4.78, 5) is 9.02. The Bertz CT molecular complexity index is 2730. The molecule has 10 nitrogen and oxygen atoms in total. The highest BCUT2D eigenvalue weighted by molar-refractivity contribution is 6.38. The van der Waals surface area contributed by atoms with Crippen LogP contribution in [0.2, 0.25) is 20.1 Å². The minimum atomic E-state index is -0.481. The number of aryl methyl sites for hydroxylation is 4. The summed E-state index contributed by atoms with van der Waals surface area (Å²) in [6.45, 7) is 18.8. The summed E-state index contributed by atoms with van der Waals surface area (Å²) in [6.07, 6.45) is 2.74. The van der Waals surface area contributed by atoms with E-state index < -0.39 is 11.5 Å². The Balaban J connectivity index is 1.48. The number of hydrogen-bond acceptors (Lipinski definition) is 10. The quantitative estimate of drug-likeness (QED) is 0.0378. The number of aliphatic imine (C=N–C) groups is 2. The van der Waals surface area contributed by atoms with E-state index in [2.05, 4.69) is 9.98 Å². The number of aromatic hydroxyl groups is 6. The van der Waals surface area contributed by atoms with Crippen LogP contribution in [0.3, 0.4) is 0 Å². The largest absolute Gasteiger partial charge is 0.507 e. The Morgan fingerprint density at radius 2 is 0.828 bits per heavy atom. The predicted octanol–water partition coefficient (Wildman–Crippen LogP) is 13.6. The number of rotatable bonds is 13. The highest BCUT2D eigenvalue weighted by Crippen LogP contribution is 2.54. The van der Waals surface area contributed by atoms with Crippen LogP contribution in [0.5, 0.6) is 46.0 Å². The third kappa shape index (κ3) is 8.65. The lowest BCUT2D eigenvalue weighted by atomic mass is 9.83. The molecule has 14 heteroatoms. The van der Waals surface area contributed by atoms with E-state index in [1.54, 1.807) is 52.0 Å². The van der Waals surface area contributed by atoms with Crippen LogP contribution in [0.1, 0.15) is 95.2 Å². The monoisotopic (exact) mass is 948 g/mol. The Hall–Kier alpha value is -5.26. The van der Waals surface area contributed by atoms with Crippen molar-refractivity contribution in [3.8, 4) is 57.1 Å². The summed E-state index contributed by atoms with van der Waals surface area (Å²) < 4.78 is 11.9. The van der Waals surface area contributed by atoms with E-state index in [1.165, 1.54) is 12.4 Å². The highest BCUT2D eigenvalue weighted by atomic mass is 35.5. The molecule has 0 aliphatic rings. The number of halogens is 4. The van der Waals surface area contributed by atoms with Crippen LogP contribution in [-0.4, -0.2) is 69.4 Å². The van der Waals surface area contributed by atoms with Crippen LogP contribution >= 0.6 is 46.4 Å². The van der Waals surface area contributed by atoms with Gasteiger partial charge in [-0.25, -0.2) is 0 Å². The normalized spacial score (nSPS) is 12.1. The van der Waals surface area contributed by atoms with E-state index in [1.807, 2.05) is 41.5 Å². The van der Waals surface area contributed by atoms with Crippen LogP contribution in [0, 0.1) is 41.5 Å². The molecule has 338 valence electrons. The van der Waals surface area contributed by atoms with Crippen molar-refractivity contribution in [3.63, 3.8) is 0 Å². The second kappa shape index (κ2) is 19.1. The van der Waals surface area contributed by atoms with E-state index in [0.717, 1.165) is 11.1 Å². The van der Waals surface area contributed by atoms with Gasteiger partial charge in [0, 0.05) is 66.6 Å². The zero-order chi connectivity index (χ0) is 47.2. The van der Waals surface area contributed by atoms with Crippen LogP contribution in [0.25, 0.3) is 32.7 Å². The number of ether oxygens (including phenoxy) is 2. The van der Waals surface area contributed by atoms with Gasteiger partial charge in [-0.05, 0) is 110 Å². The molecule has 6 aromatic carbocycles. The fourth-order valence-electron chi connectivity index (χ4n) is 8.36. The molecule has 0 saturated heterocycles. The minimum Gasteiger partial charge on any atom is -0.507 e. The van der Waals surface area contributed by atoms with Gasteiger partial charge in [-0.2, -0.15) is 0 Å². The maximum Gasteiger partial charge on any atom is 0.167 e. The Morgan fingerprint density at radius 1 is 0.484 bits per heavy atom. The summed E-state index contributed by atoms with van der Waals surface area (Å²) in [6, 6.07) is 7.08. The molecule has 0 atom stereocenters. The molecule has 0 aromatic heterocycles. The molecule has 0 fully saturated rings. The van der Waals surface area contributed by atoms with Crippen molar-refractivity contribution in [3.05, 3.63) is 100.0 Å². The van der Waals surface area contributed by atoms with E-state index in [9.17, 15) is 30.6 Å². The second-order valence-electron chi connectivity index (χ2n) is 16.7. The molecule has 0 heterocycles. The SMILES string of the molecule is Cc1cc(OCCN=Cc2c(O)c(O)c(C(C)C)c3cc(C)c(-c4c(C)cc5c(C(C)C)c(O)c(O)c(C=NCCOc6cc(C)c(Cl)c(C)c6Cl)c5c4O)c(O)c23)c(Cl)c(C)c1Cl. The number of nitrogens with zero attached hydrogens (tertiary/aromatic N) is 2. The van der Waals surface area contributed by atoms with E-state index in [-0.39, 0.29) is 94.2 Å². The van der Waals surface area contributed by atoms with E-state index in [0.29, 0.717) is 75.7 Å². The average molecular weight is 951 g/mol. The Labute approximate surface area is 393 Å². The van der Waals surface area contributed by atoms with Crippen LogP contribution in [-0.2, 0) is 0 Å². The van der Waals surface area contributed by atoms with Crippen molar-refractivity contribution < 1.29 is 40.1 Å². The van der Waals surface area contributed by atoms with Crippen molar-refractivity contribution >= 4 is 80.4 Å². The summed E-state index contributed by atoms with van der Waals surface area (Å²) >= 11 is 25.7. The van der Waals surface area contributed by atoms with E-state index >= 15 is 0 Å². The molecular formula is C50H52Cl4N2O8. The first-order chi connectivity index (χ1) is 30.1. The van der Waals surface area contributed by atoms with Gasteiger partial charge in [0.15, 0.2) is 23.0 Å². The number of benzene rings is 6. The van der Waals surface area contributed by atoms with Gasteiger partial charge in [0.05, 0.1) is 23.1 Å². The van der Waals surface area contributed by atoms with Gasteiger partial charge in [-0.1, -0.05) is 86.2 Å². The number of hydrogen-bond donors (Lipinski definition) is 6. The van der Waals surface area contributed by atoms with E-state index in [4.69, 9.17) is 55.9 Å². The molecule has 0 unspecified atom stereocenters. The molecule has 6 N–H and O–H groups in total. The van der Waals surface area contributed by atoms with Crippen LogP contribution in [0.4, 0.5) is 0 Å². The molecule has 0 spiro atoms. The van der Waals surface area contributed by atoms with Gasteiger partial charge in [0.1, 0.15) is 36.2 Å². The highest BCUT2D eigenvalue weighted by Gasteiger charge is 2.30. The second-order valence-corrected chi connectivity index (χ2v) is 18.2. The molecule has 6 rings (SSSR count). The molecule has 0 amide bonds. The third-order valence-corrected chi connectivity index (χ3v) is 13.6. The number of phenols is 6. The van der Waals surface area contributed by atoms with Gasteiger partial charge in [0.2, 0.25) is 0 Å². The Kier molecular flexibility index (Phi) is 14.4. The molecule has 6 aromatic rings. The van der Waals surface area contributed by atoms with Gasteiger partial charge in [-0.15, -0.1) is 0 Å². The Morgan fingerprint density at radius 3 is 1.16 bits per heavy atom. The average Bonchev–Trinajstić information content (AvgIpc) is 3.23. The van der Waals surface area contributed by atoms with Crippen molar-refractivity contribution in [1.82, 2.24) is 0 Å². The molecule has 0 radical (unpaired) electrons. The maximum absolute atomic E-state index is 12.5. The first-order valence-electron chi connectivity index (χ1n) is 20.8. The molecule has 0 saturated carbocycles. The lowest BCUT2D eigenvalue weighted by molar-refractivity contribution is 0.328. The lowest BCUT2D eigenvalue weighted by Crippen LogP contribution is -2.04. The van der Waals surface area contributed by atoms with Crippen molar-refractivity contribution in [2.75, 3.05) is 26.3 Å². The van der Waals surface area contributed by atoms with Crippen molar-refractivity contribution in [2.45, 2.75) is 81.1 Å². The fraction of sp³-hybridized carbons (Fsp3) is 0.320. The molecule has 0 aliphatic carbocycles. The standard InChI is InChI=1S/C50H52Cl4N2O8/c1-21(2)35-29-15-23(5)37(47(59)39(29)31(45(57)49(35)61)19-55-11-13-63-33-17-25(7)41(51)27(9)43(33)53)38-24(6)16-30-36(22(3)4)50(62)46(58)32(40(30)48(38)60)20-56-12-14-64-34-18-26(8)42(52)28(10)44(34)54/h15-22,57-62H,11-14H2,1-10H3. The maximum atomic E-state index is 12.5. The number of phenolic OH excluding ortho intramolecular Hbond substituents is 6. The summed E-state index contributed by atoms with van der Waals surface area (Å²) in [5.74, 6) is -1.88. The topological polar surface area (TPSA) is 165 Å². The zero-order valence-corrected chi connectivity index (χ0v) is 40.4.